The van der Waals surface area contributed by atoms with Crippen LogP contribution >= 0.6 is 23.2 Å². The van der Waals surface area contributed by atoms with Crippen LogP contribution in [-0.2, 0) is 0 Å². The minimum Gasteiger partial charge on any atom is -0.326 e. The molecule has 1 heterocycles. The van der Waals surface area contributed by atoms with Crippen molar-refractivity contribution in [2.45, 2.75) is 44.8 Å². The van der Waals surface area contributed by atoms with Crippen LogP contribution in [0.25, 0.3) is 0 Å². The van der Waals surface area contributed by atoms with Crippen LogP contribution in [0, 0.1) is 0 Å². The van der Waals surface area contributed by atoms with Gasteiger partial charge in [-0.2, -0.15) is 0 Å². The molecule has 0 aliphatic carbocycles. The zero-order valence-electron chi connectivity index (χ0n) is 10.9. The fourth-order valence-corrected chi connectivity index (χ4v) is 3.21. The van der Waals surface area contributed by atoms with Crippen LogP contribution in [0.15, 0.2) is 18.2 Å². The summed E-state index contributed by atoms with van der Waals surface area (Å²) in [4.78, 5) is 2.42. The van der Waals surface area contributed by atoms with Gasteiger partial charge in [0, 0.05) is 12.1 Å². The molecule has 1 saturated heterocycles. The molecular formula is C14H20Cl2N2. The molecule has 18 heavy (non-hydrogen) atoms. The van der Waals surface area contributed by atoms with E-state index in [9.17, 15) is 0 Å². The van der Waals surface area contributed by atoms with E-state index in [0.717, 1.165) is 24.9 Å². The zero-order chi connectivity index (χ0) is 13.3. The highest BCUT2D eigenvalue weighted by atomic mass is 35.5. The maximum Gasteiger partial charge on any atom is 0.0640 e. The second-order valence-corrected chi connectivity index (χ2v) is 6.01. The monoisotopic (exact) mass is 286 g/mol. The third-order valence-corrected chi connectivity index (χ3v) is 4.51. The van der Waals surface area contributed by atoms with Crippen molar-refractivity contribution >= 4 is 23.2 Å². The molecule has 4 heteroatoms. The molecule has 1 fully saturated rings. The largest absolute Gasteiger partial charge is 0.326 e. The van der Waals surface area contributed by atoms with Crippen LogP contribution in [0.2, 0.25) is 10.0 Å². The third kappa shape index (κ3) is 2.67. The van der Waals surface area contributed by atoms with Gasteiger partial charge in [-0.05, 0) is 44.9 Å². The number of nitrogens with zero attached hydrogens (tertiary/aromatic N) is 1. The molecule has 2 rings (SSSR count). The molecule has 1 aromatic carbocycles. The Labute approximate surface area is 119 Å². The first-order valence-corrected chi connectivity index (χ1v) is 7.23. The molecule has 100 valence electrons. The maximum atomic E-state index is 6.35. The number of rotatable bonds is 2. The van der Waals surface area contributed by atoms with E-state index in [1.54, 1.807) is 0 Å². The molecule has 2 atom stereocenters. The lowest BCUT2D eigenvalue weighted by Gasteiger charge is -2.43. The van der Waals surface area contributed by atoms with Crippen LogP contribution in [-0.4, -0.2) is 23.5 Å². The van der Waals surface area contributed by atoms with Gasteiger partial charge in [0.1, 0.15) is 0 Å². The SMILES string of the molecule is CC(C)N1CCCC(N)C1c1cccc(Cl)c1Cl. The summed E-state index contributed by atoms with van der Waals surface area (Å²) in [6.07, 6.45) is 2.19. The van der Waals surface area contributed by atoms with E-state index in [2.05, 4.69) is 18.7 Å². The number of benzene rings is 1. The smallest absolute Gasteiger partial charge is 0.0640 e. The van der Waals surface area contributed by atoms with Crippen LogP contribution in [0.4, 0.5) is 0 Å². The molecule has 2 unspecified atom stereocenters. The first-order valence-electron chi connectivity index (χ1n) is 6.47. The molecule has 1 aliphatic heterocycles. The quantitative estimate of drug-likeness (QED) is 0.894. The Morgan fingerprint density at radius 2 is 2.06 bits per heavy atom. The van der Waals surface area contributed by atoms with Crippen molar-refractivity contribution in [3.8, 4) is 0 Å². The van der Waals surface area contributed by atoms with Crippen molar-refractivity contribution < 1.29 is 0 Å². The van der Waals surface area contributed by atoms with E-state index in [1.807, 2.05) is 18.2 Å². The van der Waals surface area contributed by atoms with Gasteiger partial charge < -0.3 is 5.73 Å². The van der Waals surface area contributed by atoms with Gasteiger partial charge >= 0.3 is 0 Å². The molecule has 1 aliphatic rings. The topological polar surface area (TPSA) is 29.3 Å². The van der Waals surface area contributed by atoms with Gasteiger partial charge in [-0.3, -0.25) is 4.90 Å². The van der Waals surface area contributed by atoms with Crippen molar-refractivity contribution in [1.82, 2.24) is 4.90 Å². The number of hydrogen-bond acceptors (Lipinski definition) is 2. The van der Waals surface area contributed by atoms with Gasteiger partial charge in [-0.1, -0.05) is 35.3 Å². The van der Waals surface area contributed by atoms with Gasteiger partial charge in [0.25, 0.3) is 0 Å². The minimum atomic E-state index is 0.122. The third-order valence-electron chi connectivity index (χ3n) is 3.68. The summed E-state index contributed by atoms with van der Waals surface area (Å²) in [5.74, 6) is 0. The lowest BCUT2D eigenvalue weighted by molar-refractivity contribution is 0.0948. The average molecular weight is 287 g/mol. The van der Waals surface area contributed by atoms with E-state index >= 15 is 0 Å². The van der Waals surface area contributed by atoms with Gasteiger partial charge in [-0.15, -0.1) is 0 Å². The number of nitrogens with two attached hydrogens (primary N) is 1. The Balaban J connectivity index is 2.40. The van der Waals surface area contributed by atoms with E-state index in [1.165, 1.54) is 0 Å². The highest BCUT2D eigenvalue weighted by molar-refractivity contribution is 6.42. The van der Waals surface area contributed by atoms with Crippen molar-refractivity contribution in [3.05, 3.63) is 33.8 Å². The molecule has 0 saturated carbocycles. The molecule has 0 spiro atoms. The summed E-state index contributed by atoms with van der Waals surface area (Å²) < 4.78 is 0. The predicted molar refractivity (Wildman–Crippen MR) is 78.3 cm³/mol. The van der Waals surface area contributed by atoms with E-state index in [-0.39, 0.29) is 12.1 Å². The van der Waals surface area contributed by atoms with Crippen molar-refractivity contribution in [3.63, 3.8) is 0 Å². The van der Waals surface area contributed by atoms with E-state index in [0.29, 0.717) is 16.1 Å². The molecule has 0 amide bonds. The summed E-state index contributed by atoms with van der Waals surface area (Å²) >= 11 is 12.5. The van der Waals surface area contributed by atoms with Crippen LogP contribution in [0.3, 0.4) is 0 Å². The first kappa shape index (κ1) is 14.1. The second kappa shape index (κ2) is 5.79. The lowest BCUT2D eigenvalue weighted by Crippen LogP contribution is -2.48. The lowest BCUT2D eigenvalue weighted by atomic mass is 9.90. The van der Waals surface area contributed by atoms with Crippen LogP contribution in [0.5, 0.6) is 0 Å². The summed E-state index contributed by atoms with van der Waals surface area (Å²) in [6.45, 7) is 5.46. The fraction of sp³-hybridized carbons (Fsp3) is 0.571. The zero-order valence-corrected chi connectivity index (χ0v) is 12.4. The molecule has 0 radical (unpaired) electrons. The Kier molecular flexibility index (Phi) is 4.54. The second-order valence-electron chi connectivity index (χ2n) is 5.23. The standard InChI is InChI=1S/C14H20Cl2N2/c1-9(2)18-8-4-7-12(17)14(18)10-5-3-6-11(15)13(10)16/h3,5-6,9,12,14H,4,7-8,17H2,1-2H3. The van der Waals surface area contributed by atoms with Crippen molar-refractivity contribution in [1.29, 1.82) is 0 Å². The van der Waals surface area contributed by atoms with Gasteiger partial charge in [-0.25, -0.2) is 0 Å². The Morgan fingerprint density at radius 3 is 2.72 bits per heavy atom. The Hall–Kier alpha value is -0.280. The Morgan fingerprint density at radius 1 is 1.33 bits per heavy atom. The highest BCUT2D eigenvalue weighted by Gasteiger charge is 2.33. The summed E-state index contributed by atoms with van der Waals surface area (Å²) in [6, 6.07) is 6.56. The number of likely N-dealkylation sites (tertiary alicyclic amines) is 1. The van der Waals surface area contributed by atoms with Gasteiger partial charge in [0.2, 0.25) is 0 Å². The van der Waals surface area contributed by atoms with Crippen LogP contribution in [0.1, 0.15) is 38.3 Å². The summed E-state index contributed by atoms with van der Waals surface area (Å²) in [5.41, 5.74) is 7.38. The minimum absolute atomic E-state index is 0.122. The van der Waals surface area contributed by atoms with Gasteiger partial charge in [0.15, 0.2) is 0 Å². The summed E-state index contributed by atoms with van der Waals surface area (Å²) in [7, 11) is 0. The van der Waals surface area contributed by atoms with E-state index < -0.39 is 0 Å². The van der Waals surface area contributed by atoms with Crippen LogP contribution < -0.4 is 5.73 Å². The number of halogens is 2. The first-order chi connectivity index (χ1) is 8.52. The van der Waals surface area contributed by atoms with E-state index in [4.69, 9.17) is 28.9 Å². The highest BCUT2D eigenvalue weighted by Crippen LogP contribution is 2.38. The fourth-order valence-electron chi connectivity index (χ4n) is 2.79. The molecule has 2 nitrogen and oxygen atoms in total. The van der Waals surface area contributed by atoms with Crippen molar-refractivity contribution in [2.24, 2.45) is 5.73 Å². The van der Waals surface area contributed by atoms with Crippen molar-refractivity contribution in [2.75, 3.05) is 6.54 Å². The molecule has 1 aromatic rings. The predicted octanol–water partition coefficient (Wildman–Crippen LogP) is 3.87. The maximum absolute atomic E-state index is 6.35. The number of hydrogen-bond donors (Lipinski definition) is 1. The molecule has 0 bridgehead atoms. The number of piperidine rings is 1. The normalized spacial score (nSPS) is 25.7. The molecular weight excluding hydrogens is 267 g/mol. The molecule has 0 aromatic heterocycles. The van der Waals surface area contributed by atoms with Gasteiger partial charge in [0.05, 0.1) is 16.1 Å². The Bertz CT molecular complexity index is 420. The average Bonchev–Trinajstić information content (AvgIpc) is 2.33. The molecule has 2 N–H and O–H groups in total. The summed E-state index contributed by atoms with van der Waals surface area (Å²) in [5, 5.41) is 1.25.